The molecular formula is C14H25N3O4. The molecule has 0 aromatic heterocycles. The van der Waals surface area contributed by atoms with Crippen molar-refractivity contribution >= 4 is 17.9 Å². The smallest absolute Gasteiger partial charge is 0.329 e. The maximum atomic E-state index is 12.5. The molecule has 120 valence electrons. The fourth-order valence-electron chi connectivity index (χ4n) is 2.78. The van der Waals surface area contributed by atoms with Crippen molar-refractivity contribution in [1.29, 1.82) is 0 Å². The highest BCUT2D eigenvalue weighted by atomic mass is 16.4. The molecule has 1 aliphatic heterocycles. The number of hydrogen-bond acceptors (Lipinski definition) is 3. The molecule has 3 amide bonds. The van der Waals surface area contributed by atoms with Gasteiger partial charge in [-0.3, -0.25) is 4.79 Å². The number of carboxylic acid groups (broad SMARTS) is 1. The second kappa shape index (κ2) is 6.78. The van der Waals surface area contributed by atoms with Crippen molar-refractivity contribution in [1.82, 2.24) is 14.7 Å². The molecule has 1 N–H and O–H groups in total. The monoisotopic (exact) mass is 299 g/mol. The van der Waals surface area contributed by atoms with Crippen LogP contribution in [0.5, 0.6) is 0 Å². The maximum absolute atomic E-state index is 12.5. The highest BCUT2D eigenvalue weighted by Gasteiger charge is 2.49. The van der Waals surface area contributed by atoms with Crippen molar-refractivity contribution < 1.29 is 19.5 Å². The lowest BCUT2D eigenvalue weighted by molar-refractivity contribution is -0.148. The summed E-state index contributed by atoms with van der Waals surface area (Å²) in [4.78, 5) is 40.0. The number of urea groups is 1. The molecular weight excluding hydrogens is 274 g/mol. The first-order chi connectivity index (χ1) is 9.76. The fourth-order valence-corrected chi connectivity index (χ4v) is 2.78. The predicted octanol–water partition coefficient (Wildman–Crippen LogP) is 0.846. The second-order valence-corrected chi connectivity index (χ2v) is 5.77. The van der Waals surface area contributed by atoms with Crippen LogP contribution in [-0.2, 0) is 9.59 Å². The highest BCUT2D eigenvalue weighted by molar-refractivity contribution is 5.89. The van der Waals surface area contributed by atoms with E-state index in [1.165, 1.54) is 21.7 Å². The summed E-state index contributed by atoms with van der Waals surface area (Å²) in [5, 5.41) is 9.58. The van der Waals surface area contributed by atoms with Crippen molar-refractivity contribution in [3.63, 3.8) is 0 Å². The maximum Gasteiger partial charge on any atom is 0.329 e. The first-order valence-corrected chi connectivity index (χ1v) is 7.22. The molecule has 0 spiro atoms. The molecule has 0 aromatic carbocycles. The Labute approximate surface area is 125 Å². The van der Waals surface area contributed by atoms with Gasteiger partial charge in [0, 0.05) is 27.7 Å². The Bertz CT molecular complexity index is 424. The molecule has 0 saturated carbocycles. The van der Waals surface area contributed by atoms with E-state index in [1.54, 1.807) is 14.1 Å². The van der Waals surface area contributed by atoms with Crippen LogP contribution in [0.4, 0.5) is 4.79 Å². The van der Waals surface area contributed by atoms with Crippen LogP contribution in [0.1, 0.15) is 32.6 Å². The molecule has 0 aliphatic carbocycles. The Balaban J connectivity index is 2.88. The zero-order chi connectivity index (χ0) is 16.2. The van der Waals surface area contributed by atoms with Gasteiger partial charge in [0.25, 0.3) is 0 Å². The fraction of sp³-hybridized carbons (Fsp3) is 0.786. The summed E-state index contributed by atoms with van der Waals surface area (Å²) >= 11 is 0. The molecule has 1 fully saturated rings. The van der Waals surface area contributed by atoms with Crippen LogP contribution >= 0.6 is 0 Å². The average Bonchev–Trinajstić information content (AvgIpc) is 2.83. The SMILES string of the molecule is CCCC1(C(=O)O)CCCN1C(=O)N(C)CC(=O)N(C)C. The quantitative estimate of drug-likeness (QED) is 0.816. The van der Waals surface area contributed by atoms with Gasteiger partial charge in [-0.15, -0.1) is 0 Å². The van der Waals surface area contributed by atoms with E-state index in [4.69, 9.17) is 0 Å². The second-order valence-electron chi connectivity index (χ2n) is 5.77. The number of likely N-dealkylation sites (tertiary alicyclic amines) is 1. The number of amides is 3. The van der Waals surface area contributed by atoms with Crippen LogP contribution in [0.2, 0.25) is 0 Å². The normalized spacial score (nSPS) is 21.2. The Hall–Kier alpha value is -1.79. The third kappa shape index (κ3) is 3.46. The number of rotatable bonds is 5. The van der Waals surface area contributed by atoms with Gasteiger partial charge in [0.2, 0.25) is 5.91 Å². The molecule has 1 aliphatic rings. The minimum atomic E-state index is -1.12. The molecule has 1 heterocycles. The van der Waals surface area contributed by atoms with E-state index in [-0.39, 0.29) is 12.5 Å². The molecule has 1 saturated heterocycles. The summed E-state index contributed by atoms with van der Waals surface area (Å²) in [6.07, 6.45) is 2.27. The van der Waals surface area contributed by atoms with E-state index in [2.05, 4.69) is 0 Å². The van der Waals surface area contributed by atoms with Gasteiger partial charge in [0.15, 0.2) is 0 Å². The molecule has 0 aromatic rings. The average molecular weight is 299 g/mol. The molecule has 0 bridgehead atoms. The van der Waals surface area contributed by atoms with Gasteiger partial charge < -0.3 is 19.8 Å². The highest BCUT2D eigenvalue weighted by Crippen LogP contribution is 2.34. The summed E-state index contributed by atoms with van der Waals surface area (Å²) < 4.78 is 0. The number of likely N-dealkylation sites (N-methyl/N-ethyl adjacent to an activating group) is 2. The Morgan fingerprint density at radius 2 is 1.86 bits per heavy atom. The minimum Gasteiger partial charge on any atom is -0.479 e. The number of carboxylic acids is 1. The Morgan fingerprint density at radius 1 is 1.24 bits per heavy atom. The summed E-state index contributed by atoms with van der Waals surface area (Å²) in [6, 6.07) is -0.390. The number of carbonyl (C=O) groups is 3. The van der Waals surface area contributed by atoms with E-state index in [0.29, 0.717) is 32.2 Å². The predicted molar refractivity (Wildman–Crippen MR) is 77.9 cm³/mol. The van der Waals surface area contributed by atoms with Crippen molar-refractivity contribution in [2.24, 2.45) is 0 Å². The van der Waals surface area contributed by atoms with E-state index in [9.17, 15) is 19.5 Å². The molecule has 1 rings (SSSR count). The van der Waals surface area contributed by atoms with Crippen molar-refractivity contribution in [2.45, 2.75) is 38.1 Å². The van der Waals surface area contributed by atoms with Crippen LogP contribution in [0.25, 0.3) is 0 Å². The molecule has 1 atom stereocenters. The number of aliphatic carboxylic acids is 1. The van der Waals surface area contributed by atoms with Gasteiger partial charge in [0.05, 0.1) is 0 Å². The van der Waals surface area contributed by atoms with Gasteiger partial charge in [0.1, 0.15) is 12.1 Å². The van der Waals surface area contributed by atoms with E-state index in [0.717, 1.165) is 0 Å². The van der Waals surface area contributed by atoms with Gasteiger partial charge in [-0.1, -0.05) is 13.3 Å². The topological polar surface area (TPSA) is 81.2 Å². The summed E-state index contributed by atoms with van der Waals surface area (Å²) in [6.45, 7) is 2.28. The largest absolute Gasteiger partial charge is 0.479 e. The summed E-state index contributed by atoms with van der Waals surface area (Å²) in [5.74, 6) is -1.15. The van der Waals surface area contributed by atoms with Crippen molar-refractivity contribution in [3.05, 3.63) is 0 Å². The van der Waals surface area contributed by atoms with E-state index in [1.807, 2.05) is 6.92 Å². The molecule has 7 nitrogen and oxygen atoms in total. The summed E-state index contributed by atoms with van der Waals surface area (Å²) in [7, 11) is 4.77. The first-order valence-electron chi connectivity index (χ1n) is 7.22. The number of carbonyl (C=O) groups excluding carboxylic acids is 2. The van der Waals surface area contributed by atoms with Crippen molar-refractivity contribution in [2.75, 3.05) is 34.2 Å². The number of nitrogens with zero attached hydrogens (tertiary/aromatic N) is 3. The van der Waals surface area contributed by atoms with Gasteiger partial charge in [-0.2, -0.15) is 0 Å². The molecule has 1 unspecified atom stereocenters. The lowest BCUT2D eigenvalue weighted by atomic mass is 9.91. The van der Waals surface area contributed by atoms with E-state index < -0.39 is 17.5 Å². The third-order valence-corrected chi connectivity index (χ3v) is 3.98. The van der Waals surface area contributed by atoms with Crippen LogP contribution in [0, 0.1) is 0 Å². The standard InChI is InChI=1S/C14H25N3O4/c1-5-7-14(12(19)20)8-6-9-17(14)13(21)16(4)10-11(18)15(2)3/h5-10H2,1-4H3,(H,19,20). The first kappa shape index (κ1) is 17.3. The van der Waals surface area contributed by atoms with Crippen LogP contribution < -0.4 is 0 Å². The zero-order valence-corrected chi connectivity index (χ0v) is 13.3. The van der Waals surface area contributed by atoms with Gasteiger partial charge in [-0.25, -0.2) is 9.59 Å². The number of hydrogen-bond donors (Lipinski definition) is 1. The molecule has 7 heteroatoms. The lowest BCUT2D eigenvalue weighted by Gasteiger charge is -2.37. The van der Waals surface area contributed by atoms with Crippen molar-refractivity contribution in [3.8, 4) is 0 Å². The van der Waals surface area contributed by atoms with Gasteiger partial charge in [-0.05, 0) is 19.3 Å². The third-order valence-electron chi connectivity index (χ3n) is 3.98. The zero-order valence-electron chi connectivity index (χ0n) is 13.3. The van der Waals surface area contributed by atoms with E-state index >= 15 is 0 Å². The Morgan fingerprint density at radius 3 is 2.33 bits per heavy atom. The lowest BCUT2D eigenvalue weighted by Crippen LogP contribution is -2.57. The van der Waals surface area contributed by atoms with Gasteiger partial charge >= 0.3 is 12.0 Å². The minimum absolute atomic E-state index is 0.0514. The van der Waals surface area contributed by atoms with Crippen LogP contribution in [0.3, 0.4) is 0 Å². The van der Waals surface area contributed by atoms with Crippen LogP contribution in [-0.4, -0.2) is 77.5 Å². The summed E-state index contributed by atoms with van der Waals surface area (Å²) in [5.41, 5.74) is -1.12. The Kier molecular flexibility index (Phi) is 5.57. The molecule has 0 radical (unpaired) electrons. The molecule has 21 heavy (non-hydrogen) atoms. The van der Waals surface area contributed by atoms with Crippen LogP contribution in [0.15, 0.2) is 0 Å².